The van der Waals surface area contributed by atoms with Crippen LogP contribution in [0.5, 0.6) is 0 Å². The van der Waals surface area contributed by atoms with Crippen molar-refractivity contribution in [3.8, 4) is 23.7 Å². The average Bonchev–Trinajstić information content (AvgIpc) is 2.84. The second kappa shape index (κ2) is 16.7. The van der Waals surface area contributed by atoms with Crippen LogP contribution in [0.25, 0.3) is 0 Å². The van der Waals surface area contributed by atoms with Gasteiger partial charge in [0, 0.05) is 12.5 Å². The van der Waals surface area contributed by atoms with Crippen LogP contribution in [0, 0.1) is 29.6 Å². The minimum Gasteiger partial charge on any atom is -0.459 e. The van der Waals surface area contributed by atoms with Gasteiger partial charge in [0.15, 0.2) is 16.6 Å². The van der Waals surface area contributed by atoms with Gasteiger partial charge in [0.05, 0.1) is 5.60 Å². The summed E-state index contributed by atoms with van der Waals surface area (Å²) in [5, 5.41) is 0.107. The molecular formula is C32H58O4Si2. The molecule has 0 N–H and O–H groups in total. The Bertz CT molecular complexity index is 854. The molecule has 0 unspecified atom stereocenters. The first-order valence-corrected chi connectivity index (χ1v) is 20.1. The van der Waals surface area contributed by atoms with E-state index in [1.807, 2.05) is 26.8 Å². The molecule has 0 saturated heterocycles. The van der Waals surface area contributed by atoms with Gasteiger partial charge in [-0.25, -0.2) is 4.79 Å². The van der Waals surface area contributed by atoms with E-state index in [-0.39, 0.29) is 29.1 Å². The summed E-state index contributed by atoms with van der Waals surface area (Å²) in [5.74, 6) is 12.3. The molecule has 0 bridgehead atoms. The van der Waals surface area contributed by atoms with Crippen molar-refractivity contribution in [3.05, 3.63) is 12.2 Å². The molecule has 0 spiro atoms. The van der Waals surface area contributed by atoms with Crippen LogP contribution in [0.2, 0.25) is 36.3 Å². The quantitative estimate of drug-likeness (QED) is 0.0815. The van der Waals surface area contributed by atoms with Crippen LogP contribution in [0.4, 0.5) is 0 Å². The first-order valence-electron chi connectivity index (χ1n) is 14.6. The largest absolute Gasteiger partial charge is 0.459 e. The Balaban J connectivity index is 5.82. The first-order chi connectivity index (χ1) is 17.5. The Kier molecular flexibility index (Phi) is 16.1. The van der Waals surface area contributed by atoms with Crippen LogP contribution in [-0.2, 0) is 18.4 Å². The number of hydrogen-bond donors (Lipinski definition) is 0. The van der Waals surface area contributed by atoms with Crippen LogP contribution in [0.3, 0.4) is 0 Å². The zero-order valence-corrected chi connectivity index (χ0v) is 29.0. The lowest BCUT2D eigenvalue weighted by atomic mass is 9.97. The summed E-state index contributed by atoms with van der Waals surface area (Å²) in [6.45, 7) is 27.9. The summed E-state index contributed by atoms with van der Waals surface area (Å²) in [5.41, 5.74) is -0.594. The van der Waals surface area contributed by atoms with Crippen molar-refractivity contribution in [2.24, 2.45) is 5.92 Å². The van der Waals surface area contributed by atoms with Crippen LogP contribution in [0.1, 0.15) is 102 Å². The minimum absolute atomic E-state index is 0.107. The molecule has 4 nitrogen and oxygen atoms in total. The lowest BCUT2D eigenvalue weighted by molar-refractivity contribution is -0.144. The molecule has 0 aromatic heterocycles. The third kappa shape index (κ3) is 12.7. The lowest BCUT2D eigenvalue weighted by Crippen LogP contribution is -2.46. The number of esters is 1. The fraction of sp³-hybridized carbons (Fsp3) is 0.781. The van der Waals surface area contributed by atoms with Crippen molar-refractivity contribution in [3.63, 3.8) is 0 Å². The molecule has 0 heterocycles. The highest BCUT2D eigenvalue weighted by Crippen LogP contribution is 2.38. The van der Waals surface area contributed by atoms with Crippen molar-refractivity contribution in [2.45, 2.75) is 156 Å². The molecule has 0 aliphatic carbocycles. The number of carbonyl (C=O) groups excluding carboxylic acids is 1. The van der Waals surface area contributed by atoms with Gasteiger partial charge < -0.3 is 13.6 Å². The Morgan fingerprint density at radius 3 is 2.00 bits per heavy atom. The third-order valence-corrected chi connectivity index (χ3v) is 17.7. The zero-order valence-electron chi connectivity index (χ0n) is 27.0. The van der Waals surface area contributed by atoms with E-state index in [1.165, 1.54) is 0 Å². The van der Waals surface area contributed by atoms with Gasteiger partial charge in [-0.3, -0.25) is 0 Å². The summed E-state index contributed by atoms with van der Waals surface area (Å²) < 4.78 is 19.4. The molecule has 0 aliphatic rings. The van der Waals surface area contributed by atoms with E-state index in [2.05, 4.69) is 92.2 Å². The van der Waals surface area contributed by atoms with E-state index < -0.39 is 22.2 Å². The Morgan fingerprint density at radius 2 is 1.53 bits per heavy atom. The second-order valence-corrected chi connectivity index (χ2v) is 21.8. The van der Waals surface area contributed by atoms with Crippen LogP contribution in [0.15, 0.2) is 12.2 Å². The van der Waals surface area contributed by atoms with Crippen LogP contribution < -0.4 is 0 Å². The predicted molar refractivity (Wildman–Crippen MR) is 168 cm³/mol. The molecular weight excluding hydrogens is 505 g/mol. The number of hydrogen-bond acceptors (Lipinski definition) is 4. The summed E-state index contributed by atoms with van der Waals surface area (Å²) >= 11 is 0. The number of rotatable bonds is 16. The molecule has 38 heavy (non-hydrogen) atoms. The van der Waals surface area contributed by atoms with Gasteiger partial charge in [0.1, 0.15) is 12.2 Å². The normalized spacial score (nSPS) is 16.4. The monoisotopic (exact) mass is 562 g/mol. The Hall–Kier alpha value is -1.32. The maximum atomic E-state index is 12.8. The van der Waals surface area contributed by atoms with Gasteiger partial charge in [-0.15, -0.1) is 17.8 Å². The van der Waals surface area contributed by atoms with E-state index >= 15 is 0 Å². The topological polar surface area (TPSA) is 44.8 Å². The van der Waals surface area contributed by atoms with Crippen molar-refractivity contribution in [2.75, 3.05) is 0 Å². The van der Waals surface area contributed by atoms with Gasteiger partial charge in [-0.2, -0.15) is 0 Å². The highest BCUT2D eigenvalue weighted by molar-refractivity contribution is 6.74. The summed E-state index contributed by atoms with van der Waals surface area (Å²) in [4.78, 5) is 12.8. The molecule has 0 aliphatic heterocycles. The second-order valence-electron chi connectivity index (χ2n) is 12.4. The fourth-order valence-corrected chi connectivity index (χ4v) is 8.48. The molecule has 0 amide bonds. The van der Waals surface area contributed by atoms with Crippen molar-refractivity contribution < 1.29 is 18.4 Å². The van der Waals surface area contributed by atoms with E-state index in [0.29, 0.717) is 0 Å². The third-order valence-electron chi connectivity index (χ3n) is 8.41. The number of carbonyl (C=O) groups is 1. The van der Waals surface area contributed by atoms with E-state index in [4.69, 9.17) is 13.6 Å². The van der Waals surface area contributed by atoms with Crippen molar-refractivity contribution >= 4 is 22.6 Å². The fourth-order valence-electron chi connectivity index (χ4n) is 4.14. The van der Waals surface area contributed by atoms with E-state index in [1.54, 1.807) is 6.08 Å². The van der Waals surface area contributed by atoms with E-state index in [0.717, 1.165) is 43.8 Å². The molecule has 0 rings (SSSR count). The van der Waals surface area contributed by atoms with Crippen molar-refractivity contribution in [1.29, 1.82) is 0 Å². The van der Waals surface area contributed by atoms with Crippen molar-refractivity contribution in [1.82, 2.24) is 0 Å². The highest BCUT2D eigenvalue weighted by atomic mass is 28.4. The van der Waals surface area contributed by atoms with Gasteiger partial charge in [-0.05, 0) is 95.2 Å². The van der Waals surface area contributed by atoms with Gasteiger partial charge >= 0.3 is 5.97 Å². The standard InChI is InChI=1S/C32H58O4Si2/c1-14-19-20-22-27(6)28(7)34-30(33)24-26-32(11,36-38(16-3,17-4)18-5)25-23-29(21-15-2)35-37(12,13)31(8,9)10/h24,26-29H,16-18,20,22-23,25H2,1-13H3/b26-24+/t27-,28+,29+,32+/m0/s1. The molecule has 0 saturated carbocycles. The Labute approximate surface area is 238 Å². The summed E-state index contributed by atoms with van der Waals surface area (Å²) in [7, 11) is -3.93. The van der Waals surface area contributed by atoms with Crippen LogP contribution >= 0.6 is 0 Å². The van der Waals surface area contributed by atoms with Crippen LogP contribution in [-0.4, -0.2) is 40.4 Å². The maximum absolute atomic E-state index is 12.8. The molecule has 0 fully saturated rings. The average molecular weight is 563 g/mol. The SMILES string of the molecule is CC#CCC[C@H](C)[C@@H](C)OC(=O)/C=C/[C@@](C)(CC[C@@H](C#CC)O[Si](C)(C)C(C)(C)C)O[Si](CC)(CC)CC. The lowest BCUT2D eigenvalue weighted by Gasteiger charge is -2.41. The molecule has 0 aromatic rings. The highest BCUT2D eigenvalue weighted by Gasteiger charge is 2.40. The minimum atomic E-state index is -1.98. The molecule has 0 radical (unpaired) electrons. The zero-order chi connectivity index (χ0) is 29.6. The Morgan fingerprint density at radius 1 is 0.947 bits per heavy atom. The molecule has 218 valence electrons. The van der Waals surface area contributed by atoms with Gasteiger partial charge in [0.25, 0.3) is 0 Å². The smallest absolute Gasteiger partial charge is 0.330 e. The summed E-state index contributed by atoms with van der Waals surface area (Å²) in [6, 6.07) is 3.13. The maximum Gasteiger partial charge on any atom is 0.330 e. The predicted octanol–water partition coefficient (Wildman–Crippen LogP) is 8.89. The summed E-state index contributed by atoms with van der Waals surface area (Å²) in [6.07, 6.45) is 6.37. The van der Waals surface area contributed by atoms with E-state index in [9.17, 15) is 4.79 Å². The molecule has 4 atom stereocenters. The first kappa shape index (κ1) is 36.7. The van der Waals surface area contributed by atoms with Gasteiger partial charge in [0.2, 0.25) is 0 Å². The number of ether oxygens (including phenoxy) is 1. The molecule has 0 aromatic carbocycles. The molecule has 6 heteroatoms. The van der Waals surface area contributed by atoms with Gasteiger partial charge in [-0.1, -0.05) is 54.4 Å².